The van der Waals surface area contributed by atoms with Crippen molar-refractivity contribution in [3.05, 3.63) is 64.9 Å². The van der Waals surface area contributed by atoms with Gasteiger partial charge >= 0.3 is 0 Å². The maximum absolute atomic E-state index is 13.1. The van der Waals surface area contributed by atoms with Crippen LogP contribution in [0.4, 0.5) is 16.5 Å². The molecule has 8 nitrogen and oxygen atoms in total. The monoisotopic (exact) mass is 474 g/mol. The van der Waals surface area contributed by atoms with Crippen LogP contribution in [0.15, 0.2) is 48.1 Å². The predicted molar refractivity (Wildman–Crippen MR) is 133 cm³/mol. The molecule has 5 heterocycles. The summed E-state index contributed by atoms with van der Waals surface area (Å²) in [4.78, 5) is 38.7. The molecule has 0 aliphatic carbocycles. The average Bonchev–Trinajstić information content (AvgIpc) is 3.34. The number of rotatable bonds is 4. The van der Waals surface area contributed by atoms with Gasteiger partial charge in [0, 0.05) is 49.9 Å². The first-order valence-electron chi connectivity index (χ1n) is 11.7. The maximum Gasteiger partial charge on any atom is 0.275 e. The molecule has 0 unspecified atom stereocenters. The number of amides is 2. The number of carbonyl (C=O) groups excluding carboxylic acids is 2. The first kappa shape index (κ1) is 21.2. The van der Waals surface area contributed by atoms with Gasteiger partial charge in [0.05, 0.1) is 17.6 Å². The summed E-state index contributed by atoms with van der Waals surface area (Å²) in [5.41, 5.74) is 4.20. The van der Waals surface area contributed by atoms with Gasteiger partial charge in [0.15, 0.2) is 5.13 Å². The highest BCUT2D eigenvalue weighted by molar-refractivity contribution is 7.14. The van der Waals surface area contributed by atoms with E-state index in [9.17, 15) is 9.59 Å². The Kier molecular flexibility index (Phi) is 5.30. The zero-order chi connectivity index (χ0) is 23.1. The van der Waals surface area contributed by atoms with Crippen LogP contribution in [0.3, 0.4) is 0 Å². The number of piperidine rings is 1. The van der Waals surface area contributed by atoms with Gasteiger partial charge in [-0.3, -0.25) is 19.5 Å². The highest BCUT2D eigenvalue weighted by atomic mass is 32.1. The third-order valence-electron chi connectivity index (χ3n) is 7.26. The number of fused-ring (bicyclic) bond motifs is 1. The largest absolute Gasteiger partial charge is 0.370 e. The number of pyridine rings is 1. The molecule has 3 aromatic rings. The van der Waals surface area contributed by atoms with Crippen LogP contribution in [0.2, 0.25) is 0 Å². The van der Waals surface area contributed by atoms with Gasteiger partial charge in [-0.15, -0.1) is 11.3 Å². The lowest BCUT2D eigenvalue weighted by Gasteiger charge is -2.49. The summed E-state index contributed by atoms with van der Waals surface area (Å²) in [5.74, 6) is -0.361. The molecule has 1 aromatic carbocycles. The van der Waals surface area contributed by atoms with E-state index in [4.69, 9.17) is 0 Å². The van der Waals surface area contributed by atoms with Crippen molar-refractivity contribution in [3.63, 3.8) is 0 Å². The molecule has 2 amide bonds. The fourth-order valence-corrected chi connectivity index (χ4v) is 5.93. The van der Waals surface area contributed by atoms with Crippen molar-refractivity contribution in [2.45, 2.75) is 19.3 Å². The van der Waals surface area contributed by atoms with Gasteiger partial charge in [0.25, 0.3) is 11.8 Å². The maximum atomic E-state index is 13.1. The van der Waals surface area contributed by atoms with Crippen molar-refractivity contribution >= 4 is 39.7 Å². The Morgan fingerprint density at radius 3 is 2.74 bits per heavy atom. The summed E-state index contributed by atoms with van der Waals surface area (Å²) in [6.45, 7) is 4.71. The van der Waals surface area contributed by atoms with Gasteiger partial charge in [-0.1, -0.05) is 18.2 Å². The standard InChI is InChI=1S/C25H26N6O2S/c32-22(20-14-34-24(29-20)31-10-6-17-3-1-2-4-18(17)23(31)33)28-19-13-26-9-5-21(19)30-11-7-25(8-12-30)15-27-16-25/h1-5,9,13-14,27H,6-8,10-12,15-16H2,(H,28,32). The molecule has 34 heavy (non-hydrogen) atoms. The van der Waals surface area contributed by atoms with Crippen molar-refractivity contribution in [2.24, 2.45) is 5.41 Å². The number of benzene rings is 1. The van der Waals surface area contributed by atoms with E-state index < -0.39 is 0 Å². The van der Waals surface area contributed by atoms with Crippen LogP contribution in [-0.4, -0.2) is 54.5 Å². The number of anilines is 3. The molecule has 0 atom stereocenters. The lowest BCUT2D eigenvalue weighted by Crippen LogP contribution is -2.58. The second-order valence-corrected chi connectivity index (χ2v) is 10.2. The average molecular weight is 475 g/mol. The van der Waals surface area contributed by atoms with E-state index in [1.165, 1.54) is 11.3 Å². The summed E-state index contributed by atoms with van der Waals surface area (Å²) < 4.78 is 0. The number of hydrogen-bond acceptors (Lipinski definition) is 7. The minimum absolute atomic E-state index is 0.0674. The van der Waals surface area contributed by atoms with Crippen LogP contribution in [-0.2, 0) is 6.42 Å². The Balaban J connectivity index is 1.16. The molecular formula is C25H26N6O2S. The molecule has 174 valence electrons. The molecule has 2 saturated heterocycles. The van der Waals surface area contributed by atoms with Crippen LogP contribution in [0.25, 0.3) is 0 Å². The number of carbonyl (C=O) groups is 2. The molecule has 3 aliphatic heterocycles. The molecule has 0 radical (unpaired) electrons. The second kappa shape index (κ2) is 8.48. The highest BCUT2D eigenvalue weighted by Gasteiger charge is 2.40. The lowest BCUT2D eigenvalue weighted by molar-refractivity contribution is 0.0977. The summed E-state index contributed by atoms with van der Waals surface area (Å²) >= 11 is 1.32. The summed E-state index contributed by atoms with van der Waals surface area (Å²) in [5, 5.41) is 8.66. The zero-order valence-electron chi connectivity index (χ0n) is 18.8. The molecule has 6 rings (SSSR count). The van der Waals surface area contributed by atoms with Gasteiger partial charge in [-0.2, -0.15) is 0 Å². The molecule has 2 N–H and O–H groups in total. The first-order chi connectivity index (χ1) is 16.6. The van der Waals surface area contributed by atoms with Gasteiger partial charge < -0.3 is 15.5 Å². The Morgan fingerprint density at radius 2 is 1.94 bits per heavy atom. The van der Waals surface area contributed by atoms with E-state index in [0.717, 1.165) is 56.7 Å². The SMILES string of the molecule is O=C(Nc1cnccc1N1CCC2(CC1)CNC2)c1csc(N2CCc3ccccc3C2=O)n1. The minimum atomic E-state index is -0.293. The van der Waals surface area contributed by atoms with Crippen LogP contribution < -0.4 is 20.4 Å². The molecule has 3 aliphatic rings. The second-order valence-electron chi connectivity index (χ2n) is 9.32. The minimum Gasteiger partial charge on any atom is -0.370 e. The normalized spacial score (nSPS) is 19.0. The van der Waals surface area contributed by atoms with E-state index in [2.05, 4.69) is 25.5 Å². The fourth-order valence-electron chi connectivity index (χ4n) is 5.10. The Hall–Kier alpha value is -3.30. The molecular weight excluding hydrogens is 448 g/mol. The zero-order valence-corrected chi connectivity index (χ0v) is 19.6. The number of aromatic nitrogens is 2. The van der Waals surface area contributed by atoms with E-state index in [1.807, 2.05) is 30.3 Å². The number of thiazole rings is 1. The van der Waals surface area contributed by atoms with Gasteiger partial charge in [0.2, 0.25) is 0 Å². The van der Waals surface area contributed by atoms with E-state index in [-0.39, 0.29) is 11.8 Å². The van der Waals surface area contributed by atoms with Crippen LogP contribution in [0.5, 0.6) is 0 Å². The first-order valence-corrected chi connectivity index (χ1v) is 12.6. The van der Waals surface area contributed by atoms with Crippen molar-refractivity contribution in [1.82, 2.24) is 15.3 Å². The highest BCUT2D eigenvalue weighted by Crippen LogP contribution is 2.38. The predicted octanol–water partition coefficient (Wildman–Crippen LogP) is 3.18. The smallest absolute Gasteiger partial charge is 0.275 e. The van der Waals surface area contributed by atoms with Crippen LogP contribution in [0, 0.1) is 5.41 Å². The molecule has 2 fully saturated rings. The van der Waals surface area contributed by atoms with E-state index in [1.54, 1.807) is 22.7 Å². The summed E-state index contributed by atoms with van der Waals surface area (Å²) in [6, 6.07) is 9.62. The van der Waals surface area contributed by atoms with E-state index >= 15 is 0 Å². The van der Waals surface area contributed by atoms with Gasteiger partial charge in [-0.25, -0.2) is 4.98 Å². The third-order valence-corrected chi connectivity index (χ3v) is 8.13. The fraction of sp³-hybridized carbons (Fsp3) is 0.360. The van der Waals surface area contributed by atoms with Gasteiger partial charge in [0.1, 0.15) is 5.69 Å². The summed E-state index contributed by atoms with van der Waals surface area (Å²) in [7, 11) is 0. The van der Waals surface area contributed by atoms with Crippen molar-refractivity contribution < 1.29 is 9.59 Å². The Bertz CT molecular complexity index is 1240. The molecule has 2 aromatic heterocycles. The lowest BCUT2D eigenvalue weighted by atomic mass is 9.73. The van der Waals surface area contributed by atoms with Crippen molar-refractivity contribution in [2.75, 3.05) is 47.8 Å². The molecule has 0 saturated carbocycles. The van der Waals surface area contributed by atoms with Crippen molar-refractivity contribution in [3.8, 4) is 0 Å². The Labute approximate surface area is 202 Å². The third kappa shape index (κ3) is 3.74. The van der Waals surface area contributed by atoms with E-state index in [0.29, 0.717) is 34.0 Å². The Morgan fingerprint density at radius 1 is 1.12 bits per heavy atom. The van der Waals surface area contributed by atoms with Crippen LogP contribution in [0.1, 0.15) is 39.3 Å². The van der Waals surface area contributed by atoms with Crippen LogP contribution >= 0.6 is 11.3 Å². The number of nitrogens with one attached hydrogen (secondary N) is 2. The number of nitrogens with zero attached hydrogens (tertiary/aromatic N) is 4. The molecule has 9 heteroatoms. The van der Waals surface area contributed by atoms with Crippen molar-refractivity contribution in [1.29, 1.82) is 0 Å². The molecule has 1 spiro atoms. The number of hydrogen-bond donors (Lipinski definition) is 2. The quantitative estimate of drug-likeness (QED) is 0.604. The summed E-state index contributed by atoms with van der Waals surface area (Å²) in [6.07, 6.45) is 6.54. The molecule has 0 bridgehead atoms. The topological polar surface area (TPSA) is 90.5 Å². The van der Waals surface area contributed by atoms with Gasteiger partial charge in [-0.05, 0) is 42.4 Å².